The first-order valence-corrected chi connectivity index (χ1v) is 9.98. The summed E-state index contributed by atoms with van der Waals surface area (Å²) in [6, 6.07) is 7.54. The molecule has 0 unspecified atom stereocenters. The minimum absolute atomic E-state index is 0.133. The molecular weight excluding hydrogens is 396 g/mol. The summed E-state index contributed by atoms with van der Waals surface area (Å²) in [7, 11) is 0. The maximum absolute atomic E-state index is 12.6. The molecule has 0 aliphatic carbocycles. The second-order valence-electron chi connectivity index (χ2n) is 6.81. The highest BCUT2D eigenvalue weighted by Crippen LogP contribution is 2.34. The second kappa shape index (κ2) is 8.95. The average molecular weight is 418 g/mol. The molecule has 2 N–H and O–H groups in total. The van der Waals surface area contributed by atoms with Gasteiger partial charge in [0.15, 0.2) is 17.6 Å². The van der Waals surface area contributed by atoms with Crippen LogP contribution in [0.3, 0.4) is 0 Å². The molecule has 154 valence electrons. The maximum Gasteiger partial charge on any atom is 0.329 e. The van der Waals surface area contributed by atoms with Crippen molar-refractivity contribution in [3.8, 4) is 11.5 Å². The van der Waals surface area contributed by atoms with E-state index < -0.39 is 24.0 Å². The van der Waals surface area contributed by atoms with Gasteiger partial charge in [-0.15, -0.1) is 11.3 Å². The fourth-order valence-corrected chi connectivity index (χ4v) is 3.26. The molecule has 0 bridgehead atoms. The van der Waals surface area contributed by atoms with Crippen molar-refractivity contribution in [3.05, 3.63) is 40.6 Å². The van der Waals surface area contributed by atoms with Gasteiger partial charge in [0.2, 0.25) is 6.79 Å². The summed E-state index contributed by atoms with van der Waals surface area (Å²) in [6.07, 6.45) is -1.05. The molecule has 1 aromatic carbocycles. The number of hydrogen-bond donors (Lipinski definition) is 2. The van der Waals surface area contributed by atoms with Gasteiger partial charge in [0.1, 0.15) is 6.04 Å². The lowest BCUT2D eigenvalue weighted by molar-refractivity contribution is -0.156. The topological polar surface area (TPSA) is 103 Å². The summed E-state index contributed by atoms with van der Waals surface area (Å²) in [6.45, 7) is 5.18. The predicted molar refractivity (Wildman–Crippen MR) is 107 cm³/mol. The summed E-state index contributed by atoms with van der Waals surface area (Å²) in [5.41, 5.74) is 0.494. The number of hydrogen-bond acceptors (Lipinski definition) is 7. The summed E-state index contributed by atoms with van der Waals surface area (Å²) >= 11 is 1.28. The van der Waals surface area contributed by atoms with Gasteiger partial charge in [-0.2, -0.15) is 0 Å². The Bertz CT molecular complexity index is 896. The quantitative estimate of drug-likeness (QED) is 0.671. The van der Waals surface area contributed by atoms with Crippen LogP contribution in [-0.2, 0) is 14.3 Å². The van der Waals surface area contributed by atoms with Crippen molar-refractivity contribution < 1.29 is 28.6 Å². The Morgan fingerprint density at radius 1 is 1.10 bits per heavy atom. The second-order valence-corrected chi connectivity index (χ2v) is 7.76. The lowest BCUT2D eigenvalue weighted by atomic mass is 10.0. The Morgan fingerprint density at radius 2 is 1.86 bits per heavy atom. The molecule has 8 nitrogen and oxygen atoms in total. The number of benzene rings is 1. The first kappa shape index (κ1) is 20.7. The standard InChI is InChI=1S/C20H22N2O6S/c1-11(2)17(22-19(24)16-5-4-8-29-16)20(25)28-12(3)18(23)21-13-6-7-14-15(9-13)27-10-26-14/h4-9,11-12,17H,10H2,1-3H3,(H,21,23)(H,22,24)/t12-,17+/m1/s1. The van der Waals surface area contributed by atoms with Crippen LogP contribution in [0.1, 0.15) is 30.4 Å². The molecule has 1 aliphatic heterocycles. The van der Waals surface area contributed by atoms with Crippen molar-refractivity contribution in [2.75, 3.05) is 12.1 Å². The summed E-state index contributed by atoms with van der Waals surface area (Å²) in [5.74, 6) is -0.599. The zero-order valence-corrected chi connectivity index (χ0v) is 17.1. The molecule has 1 aliphatic rings. The third kappa shape index (κ3) is 5.05. The number of thiophene rings is 1. The number of ether oxygens (including phenoxy) is 3. The number of carbonyl (C=O) groups is 3. The fourth-order valence-electron chi connectivity index (χ4n) is 2.64. The monoisotopic (exact) mass is 418 g/mol. The highest BCUT2D eigenvalue weighted by molar-refractivity contribution is 7.12. The Labute approximate surface area is 172 Å². The number of fused-ring (bicyclic) bond motifs is 1. The molecule has 29 heavy (non-hydrogen) atoms. The SMILES string of the molecule is CC(C)[C@H](NC(=O)c1cccs1)C(=O)O[C@H](C)C(=O)Nc1ccc2c(c1)OCO2. The van der Waals surface area contributed by atoms with E-state index >= 15 is 0 Å². The number of rotatable bonds is 7. The number of esters is 1. The summed E-state index contributed by atoms with van der Waals surface area (Å²) in [4.78, 5) is 37.7. The molecule has 2 heterocycles. The molecule has 3 rings (SSSR count). The molecule has 2 atom stereocenters. The van der Waals surface area contributed by atoms with Gasteiger partial charge in [0.05, 0.1) is 4.88 Å². The van der Waals surface area contributed by atoms with E-state index in [0.29, 0.717) is 22.1 Å². The Balaban J connectivity index is 1.58. The summed E-state index contributed by atoms with van der Waals surface area (Å²) in [5, 5.41) is 7.12. The van der Waals surface area contributed by atoms with E-state index in [9.17, 15) is 14.4 Å². The number of anilines is 1. The van der Waals surface area contributed by atoms with Crippen LogP contribution in [-0.4, -0.2) is 36.7 Å². The van der Waals surface area contributed by atoms with Gasteiger partial charge in [-0.3, -0.25) is 9.59 Å². The van der Waals surface area contributed by atoms with Crippen LogP contribution in [0.4, 0.5) is 5.69 Å². The Morgan fingerprint density at radius 3 is 2.55 bits per heavy atom. The lowest BCUT2D eigenvalue weighted by Gasteiger charge is -2.22. The molecule has 0 spiro atoms. The Kier molecular flexibility index (Phi) is 6.38. The van der Waals surface area contributed by atoms with Gasteiger partial charge < -0.3 is 24.8 Å². The molecule has 0 radical (unpaired) electrons. The average Bonchev–Trinajstić information content (AvgIpc) is 3.36. The van der Waals surface area contributed by atoms with Gasteiger partial charge in [0, 0.05) is 11.8 Å². The van der Waals surface area contributed by atoms with E-state index in [2.05, 4.69) is 10.6 Å². The molecule has 0 saturated carbocycles. The third-order valence-corrected chi connectivity index (χ3v) is 5.12. The number of nitrogens with one attached hydrogen (secondary N) is 2. The number of amides is 2. The largest absolute Gasteiger partial charge is 0.454 e. The molecule has 0 fully saturated rings. The van der Waals surface area contributed by atoms with Gasteiger partial charge >= 0.3 is 5.97 Å². The van der Waals surface area contributed by atoms with Crippen molar-refractivity contribution in [3.63, 3.8) is 0 Å². The highest BCUT2D eigenvalue weighted by atomic mass is 32.1. The maximum atomic E-state index is 12.6. The smallest absolute Gasteiger partial charge is 0.329 e. The van der Waals surface area contributed by atoms with E-state index in [1.54, 1.807) is 49.6 Å². The van der Waals surface area contributed by atoms with Crippen molar-refractivity contribution in [2.24, 2.45) is 5.92 Å². The van der Waals surface area contributed by atoms with E-state index in [1.807, 2.05) is 0 Å². The minimum atomic E-state index is -1.05. The van der Waals surface area contributed by atoms with E-state index in [-0.39, 0.29) is 18.6 Å². The molecule has 2 aromatic rings. The van der Waals surface area contributed by atoms with Gasteiger partial charge in [-0.1, -0.05) is 19.9 Å². The minimum Gasteiger partial charge on any atom is -0.454 e. The van der Waals surface area contributed by atoms with E-state index in [4.69, 9.17) is 14.2 Å². The Hall–Kier alpha value is -3.07. The highest BCUT2D eigenvalue weighted by Gasteiger charge is 2.29. The number of carbonyl (C=O) groups excluding carboxylic acids is 3. The third-order valence-electron chi connectivity index (χ3n) is 4.25. The van der Waals surface area contributed by atoms with Crippen LogP contribution < -0.4 is 20.1 Å². The van der Waals surface area contributed by atoms with Crippen LogP contribution in [0.2, 0.25) is 0 Å². The van der Waals surface area contributed by atoms with Crippen molar-refractivity contribution in [1.82, 2.24) is 5.32 Å². The zero-order valence-electron chi connectivity index (χ0n) is 16.3. The summed E-state index contributed by atoms with van der Waals surface area (Å²) < 4.78 is 15.8. The zero-order chi connectivity index (χ0) is 21.0. The van der Waals surface area contributed by atoms with Crippen LogP contribution >= 0.6 is 11.3 Å². The predicted octanol–water partition coefficient (Wildman–Crippen LogP) is 2.80. The van der Waals surface area contributed by atoms with Crippen molar-refractivity contribution in [1.29, 1.82) is 0 Å². The van der Waals surface area contributed by atoms with Crippen LogP contribution in [0, 0.1) is 5.92 Å². The molecule has 9 heteroatoms. The van der Waals surface area contributed by atoms with E-state index in [1.165, 1.54) is 18.3 Å². The molecular formula is C20H22N2O6S. The lowest BCUT2D eigenvalue weighted by Crippen LogP contribution is -2.47. The van der Waals surface area contributed by atoms with Crippen LogP contribution in [0.25, 0.3) is 0 Å². The van der Waals surface area contributed by atoms with Crippen LogP contribution in [0.15, 0.2) is 35.7 Å². The van der Waals surface area contributed by atoms with E-state index in [0.717, 1.165) is 0 Å². The normalized spacial score (nSPS) is 14.2. The van der Waals surface area contributed by atoms with Crippen molar-refractivity contribution in [2.45, 2.75) is 32.9 Å². The first-order valence-electron chi connectivity index (χ1n) is 9.10. The van der Waals surface area contributed by atoms with Gasteiger partial charge in [-0.05, 0) is 36.4 Å². The first-order chi connectivity index (χ1) is 13.8. The van der Waals surface area contributed by atoms with Gasteiger partial charge in [0.25, 0.3) is 11.8 Å². The van der Waals surface area contributed by atoms with Crippen molar-refractivity contribution >= 4 is 34.8 Å². The fraction of sp³-hybridized carbons (Fsp3) is 0.350. The molecule has 1 aromatic heterocycles. The van der Waals surface area contributed by atoms with Crippen LogP contribution in [0.5, 0.6) is 11.5 Å². The molecule has 2 amide bonds. The van der Waals surface area contributed by atoms with Gasteiger partial charge in [-0.25, -0.2) is 4.79 Å². The molecule has 0 saturated heterocycles.